The third-order valence-corrected chi connectivity index (χ3v) is 7.60. The second kappa shape index (κ2) is 10.2. The van der Waals surface area contributed by atoms with Gasteiger partial charge in [-0.15, -0.1) is 0 Å². The summed E-state index contributed by atoms with van der Waals surface area (Å²) in [6, 6.07) is 10.8. The fourth-order valence-electron chi connectivity index (χ4n) is 5.88. The quantitative estimate of drug-likeness (QED) is 0.569. The third kappa shape index (κ3) is 5.14. The summed E-state index contributed by atoms with van der Waals surface area (Å²) < 4.78 is 29.9. The average molecular weight is 470 g/mol. The van der Waals surface area contributed by atoms with Crippen LogP contribution in [0.4, 0.5) is 4.39 Å². The molecule has 2 N–H and O–H groups in total. The van der Waals surface area contributed by atoms with Crippen LogP contribution in [0.1, 0.15) is 50.2 Å². The van der Waals surface area contributed by atoms with Crippen LogP contribution in [0, 0.1) is 23.6 Å². The molecule has 1 aliphatic heterocycles. The van der Waals surface area contributed by atoms with Crippen LogP contribution in [0.5, 0.6) is 17.2 Å². The van der Waals surface area contributed by atoms with Crippen molar-refractivity contribution in [2.45, 2.75) is 50.7 Å². The lowest BCUT2D eigenvalue weighted by Gasteiger charge is -2.29. The minimum absolute atomic E-state index is 0.152. The van der Waals surface area contributed by atoms with Crippen LogP contribution in [0.25, 0.3) is 0 Å². The van der Waals surface area contributed by atoms with E-state index in [1.54, 1.807) is 0 Å². The van der Waals surface area contributed by atoms with E-state index in [-0.39, 0.29) is 24.8 Å². The van der Waals surface area contributed by atoms with Gasteiger partial charge in [0, 0.05) is 0 Å². The molecule has 6 nitrogen and oxygen atoms in total. The molecular weight excluding hydrogens is 437 g/mol. The first-order valence-electron chi connectivity index (χ1n) is 12.3. The summed E-state index contributed by atoms with van der Waals surface area (Å²) in [6.45, 7) is 1.17. The van der Waals surface area contributed by atoms with E-state index in [0.29, 0.717) is 53.8 Å². The molecule has 0 radical (unpaired) electrons. The monoisotopic (exact) mass is 469 g/mol. The molecule has 0 aromatic heterocycles. The normalized spacial score (nSPS) is 24.5. The number of aliphatic hydroxyl groups excluding tert-OH is 1. The number of ether oxygens (including phenoxy) is 3. The van der Waals surface area contributed by atoms with Gasteiger partial charge in [-0.1, -0.05) is 6.07 Å². The Bertz CT molecular complexity index is 977. The predicted molar refractivity (Wildman–Crippen MR) is 124 cm³/mol. The molecular formula is C27H32FNO5. The van der Waals surface area contributed by atoms with E-state index in [9.17, 15) is 14.3 Å². The number of hydrogen-bond donors (Lipinski definition) is 2. The van der Waals surface area contributed by atoms with E-state index in [1.165, 1.54) is 49.9 Å². The van der Waals surface area contributed by atoms with Crippen molar-refractivity contribution in [3.8, 4) is 17.2 Å². The highest BCUT2D eigenvalue weighted by Gasteiger charge is 2.43. The first kappa shape index (κ1) is 23.0. The van der Waals surface area contributed by atoms with Gasteiger partial charge < -0.3 is 24.6 Å². The number of halogens is 1. The lowest BCUT2D eigenvalue weighted by Crippen LogP contribution is -2.41. The van der Waals surface area contributed by atoms with Crippen LogP contribution < -0.4 is 19.5 Å². The number of nitrogens with one attached hydrogen (secondary N) is 1. The van der Waals surface area contributed by atoms with Crippen molar-refractivity contribution in [1.29, 1.82) is 0 Å². The minimum Gasteiger partial charge on any atom is -0.493 e. The number of fused-ring (bicyclic) bond motifs is 3. The van der Waals surface area contributed by atoms with Gasteiger partial charge in [0.25, 0.3) is 0 Å². The molecule has 2 saturated carbocycles. The van der Waals surface area contributed by atoms with E-state index >= 15 is 0 Å². The fourth-order valence-corrected chi connectivity index (χ4v) is 5.88. The molecule has 2 aliphatic carbocycles. The van der Waals surface area contributed by atoms with Crippen LogP contribution in [0.15, 0.2) is 42.5 Å². The highest BCUT2D eigenvalue weighted by Crippen LogP contribution is 2.51. The van der Waals surface area contributed by atoms with E-state index in [0.717, 1.165) is 6.42 Å². The van der Waals surface area contributed by atoms with Crippen LogP contribution >= 0.6 is 0 Å². The van der Waals surface area contributed by atoms with E-state index in [4.69, 9.17) is 14.2 Å². The standard InChI is InChI=1S/C27H32FNO5/c28-20-6-8-21(9-7-20)32-12-11-26(30)29-23(16-22-17-1-2-18(22)4-3-17)27(31)19-5-10-24-25(15-19)34-14-13-33-24/h5-10,15,17-18,22-23,27,31H,1-4,11-14,16H2,(H,29,30)/t17?,18?,22?,23-,27?/m1/s1. The zero-order valence-electron chi connectivity index (χ0n) is 19.3. The number of carbonyl (C=O) groups excluding carboxylic acids is 1. The Morgan fingerprint density at radius 3 is 2.41 bits per heavy atom. The second-order valence-corrected chi connectivity index (χ2v) is 9.65. The smallest absolute Gasteiger partial charge is 0.223 e. The maximum absolute atomic E-state index is 13.1. The predicted octanol–water partition coefficient (Wildman–Crippen LogP) is 4.41. The Morgan fingerprint density at radius 2 is 1.71 bits per heavy atom. The number of aliphatic hydroxyl groups is 1. The molecule has 7 heteroatoms. The number of benzene rings is 2. The van der Waals surface area contributed by atoms with Crippen molar-refractivity contribution in [2.24, 2.45) is 17.8 Å². The molecule has 0 spiro atoms. The summed E-state index contributed by atoms with van der Waals surface area (Å²) in [6.07, 6.45) is 5.07. The first-order valence-corrected chi connectivity index (χ1v) is 12.3. The van der Waals surface area contributed by atoms with E-state index in [2.05, 4.69) is 5.32 Å². The summed E-state index contributed by atoms with van der Waals surface area (Å²) in [4.78, 5) is 12.8. The van der Waals surface area contributed by atoms with Crippen molar-refractivity contribution in [3.05, 3.63) is 53.8 Å². The second-order valence-electron chi connectivity index (χ2n) is 9.65. The fraction of sp³-hybridized carbons (Fsp3) is 0.519. The number of rotatable bonds is 9. The topological polar surface area (TPSA) is 77.0 Å². The Morgan fingerprint density at radius 1 is 1.03 bits per heavy atom. The van der Waals surface area contributed by atoms with Crippen LogP contribution in [0.3, 0.4) is 0 Å². The molecule has 2 fully saturated rings. The van der Waals surface area contributed by atoms with Gasteiger partial charge in [-0.25, -0.2) is 4.39 Å². The Hall–Kier alpha value is -2.80. The first-order chi connectivity index (χ1) is 16.6. The Labute approximate surface area is 199 Å². The van der Waals surface area contributed by atoms with Crippen LogP contribution in [0.2, 0.25) is 0 Å². The van der Waals surface area contributed by atoms with Gasteiger partial charge in [0.2, 0.25) is 5.91 Å². The molecule has 2 bridgehead atoms. The van der Waals surface area contributed by atoms with E-state index in [1.807, 2.05) is 18.2 Å². The maximum Gasteiger partial charge on any atom is 0.223 e. The largest absolute Gasteiger partial charge is 0.493 e. The number of carbonyl (C=O) groups is 1. The average Bonchev–Trinajstić information content (AvgIpc) is 3.43. The zero-order valence-corrected chi connectivity index (χ0v) is 19.3. The van der Waals surface area contributed by atoms with Crippen LogP contribution in [-0.4, -0.2) is 36.9 Å². The summed E-state index contributed by atoms with van der Waals surface area (Å²) >= 11 is 0. The van der Waals surface area contributed by atoms with Gasteiger partial charge in [-0.05, 0) is 91.8 Å². The SMILES string of the molecule is O=C(CCOc1ccc(F)cc1)N[C@H](CC1C2CCC1CC2)C(O)c1ccc2c(c1)OCCO2. The van der Waals surface area contributed by atoms with Crippen molar-refractivity contribution in [3.63, 3.8) is 0 Å². The van der Waals surface area contributed by atoms with Crippen molar-refractivity contribution in [1.82, 2.24) is 5.32 Å². The summed E-state index contributed by atoms with van der Waals surface area (Å²) in [5, 5.41) is 14.4. The van der Waals surface area contributed by atoms with Gasteiger partial charge in [-0.2, -0.15) is 0 Å². The summed E-state index contributed by atoms with van der Waals surface area (Å²) in [7, 11) is 0. The minimum atomic E-state index is -0.849. The third-order valence-electron chi connectivity index (χ3n) is 7.60. The molecule has 5 rings (SSSR count). The van der Waals surface area contributed by atoms with Gasteiger partial charge in [0.1, 0.15) is 24.8 Å². The molecule has 3 aliphatic rings. The molecule has 2 aromatic rings. The van der Waals surface area contributed by atoms with Crippen molar-refractivity contribution < 1.29 is 28.5 Å². The van der Waals surface area contributed by atoms with Gasteiger partial charge in [-0.3, -0.25) is 4.79 Å². The Kier molecular flexibility index (Phi) is 6.90. The lowest BCUT2D eigenvalue weighted by molar-refractivity contribution is -0.123. The van der Waals surface area contributed by atoms with E-state index < -0.39 is 12.1 Å². The maximum atomic E-state index is 13.1. The molecule has 1 heterocycles. The molecule has 1 unspecified atom stereocenters. The van der Waals surface area contributed by atoms with Gasteiger partial charge in [0.15, 0.2) is 11.5 Å². The number of amides is 1. The Balaban J connectivity index is 1.25. The molecule has 1 amide bonds. The molecule has 0 saturated heterocycles. The molecule has 2 aromatic carbocycles. The number of hydrogen-bond acceptors (Lipinski definition) is 5. The molecule has 34 heavy (non-hydrogen) atoms. The van der Waals surface area contributed by atoms with Gasteiger partial charge in [0.05, 0.1) is 25.2 Å². The highest BCUT2D eigenvalue weighted by atomic mass is 19.1. The highest BCUT2D eigenvalue weighted by molar-refractivity contribution is 5.76. The summed E-state index contributed by atoms with van der Waals surface area (Å²) in [5.74, 6) is 3.24. The zero-order chi connectivity index (χ0) is 23.5. The van der Waals surface area contributed by atoms with Crippen LogP contribution in [-0.2, 0) is 4.79 Å². The van der Waals surface area contributed by atoms with Gasteiger partial charge >= 0.3 is 0 Å². The lowest BCUT2D eigenvalue weighted by atomic mass is 9.86. The van der Waals surface area contributed by atoms with Crippen molar-refractivity contribution in [2.75, 3.05) is 19.8 Å². The summed E-state index contributed by atoms with van der Waals surface area (Å²) in [5.41, 5.74) is 0.711. The van der Waals surface area contributed by atoms with Crippen molar-refractivity contribution >= 4 is 5.91 Å². The molecule has 2 atom stereocenters. The molecule has 182 valence electrons.